The van der Waals surface area contributed by atoms with Gasteiger partial charge in [0.15, 0.2) is 18.2 Å². The van der Waals surface area contributed by atoms with Crippen LogP contribution in [0.3, 0.4) is 0 Å². The summed E-state index contributed by atoms with van der Waals surface area (Å²) in [5.41, 5.74) is 0. The Balaban J connectivity index is 1.80. The van der Waals surface area contributed by atoms with E-state index in [2.05, 4.69) is 22.4 Å². The third-order valence-corrected chi connectivity index (χ3v) is 3.86. The number of benzene rings is 1. The third kappa shape index (κ3) is 5.55. The van der Waals surface area contributed by atoms with Gasteiger partial charge in [0.05, 0.1) is 0 Å². The van der Waals surface area contributed by atoms with Crippen LogP contribution in [0, 0.1) is 11.6 Å². The highest BCUT2D eigenvalue weighted by atomic mass is 32.1. The van der Waals surface area contributed by atoms with Crippen LogP contribution in [0.25, 0.3) is 0 Å². The van der Waals surface area contributed by atoms with Gasteiger partial charge >= 0.3 is 0 Å². The lowest BCUT2D eigenvalue weighted by Gasteiger charge is -2.06. The second kappa shape index (κ2) is 8.52. The normalized spacial score (nSPS) is 10.6. The fourth-order valence-corrected chi connectivity index (χ4v) is 2.62. The van der Waals surface area contributed by atoms with Gasteiger partial charge in [-0.1, -0.05) is 31.1 Å². The highest BCUT2D eigenvalue weighted by Gasteiger charge is 2.11. The molecule has 23 heavy (non-hydrogen) atoms. The second-order valence-corrected chi connectivity index (χ2v) is 5.93. The van der Waals surface area contributed by atoms with Gasteiger partial charge in [0.25, 0.3) is 5.91 Å². The summed E-state index contributed by atoms with van der Waals surface area (Å²) in [5.74, 6) is -2.22. The summed E-state index contributed by atoms with van der Waals surface area (Å²) in [4.78, 5) is 11.7. The van der Waals surface area contributed by atoms with Crippen LogP contribution in [0.5, 0.6) is 5.75 Å². The zero-order valence-electron chi connectivity index (χ0n) is 12.6. The van der Waals surface area contributed by atoms with E-state index in [4.69, 9.17) is 4.74 Å². The van der Waals surface area contributed by atoms with E-state index in [9.17, 15) is 13.6 Å². The summed E-state index contributed by atoms with van der Waals surface area (Å²) in [6, 6.07) is 2.89. The molecular weight excluding hydrogens is 324 g/mol. The fourth-order valence-electron chi connectivity index (χ4n) is 1.82. The molecule has 1 N–H and O–H groups in total. The summed E-state index contributed by atoms with van der Waals surface area (Å²) in [5, 5.41) is 11.6. The van der Waals surface area contributed by atoms with Crippen molar-refractivity contribution in [3.8, 4) is 5.75 Å². The minimum absolute atomic E-state index is 0.181. The Bertz CT molecular complexity index is 664. The minimum atomic E-state index is -0.855. The van der Waals surface area contributed by atoms with E-state index in [1.165, 1.54) is 11.3 Å². The van der Waals surface area contributed by atoms with E-state index in [0.717, 1.165) is 42.8 Å². The van der Waals surface area contributed by atoms with Gasteiger partial charge in [-0.3, -0.25) is 10.1 Å². The number of ether oxygens (including phenoxy) is 1. The topological polar surface area (TPSA) is 64.1 Å². The van der Waals surface area contributed by atoms with Crippen LogP contribution in [-0.4, -0.2) is 22.7 Å². The van der Waals surface area contributed by atoms with Crippen molar-refractivity contribution in [2.45, 2.75) is 32.6 Å². The van der Waals surface area contributed by atoms with Crippen molar-refractivity contribution in [3.05, 3.63) is 34.8 Å². The molecule has 124 valence electrons. The molecule has 2 aromatic rings. The first-order valence-electron chi connectivity index (χ1n) is 7.28. The predicted octanol–water partition coefficient (Wildman–Crippen LogP) is 3.57. The van der Waals surface area contributed by atoms with Crippen molar-refractivity contribution < 1.29 is 18.3 Å². The average molecular weight is 341 g/mol. The van der Waals surface area contributed by atoms with Crippen LogP contribution >= 0.6 is 11.3 Å². The number of aryl methyl sites for hydroxylation is 1. The maximum atomic E-state index is 13.4. The Morgan fingerprint density at radius 1 is 1.30 bits per heavy atom. The van der Waals surface area contributed by atoms with Crippen LogP contribution in [0.1, 0.15) is 31.2 Å². The molecular formula is C15H17F2N3O2S. The average Bonchev–Trinajstić information content (AvgIpc) is 2.94. The number of carbonyl (C=O) groups excluding carboxylic acids is 1. The van der Waals surface area contributed by atoms with Crippen LogP contribution in [-0.2, 0) is 11.2 Å². The molecule has 0 saturated carbocycles. The molecule has 0 saturated heterocycles. The maximum absolute atomic E-state index is 13.4. The molecule has 0 spiro atoms. The minimum Gasteiger partial charge on any atom is -0.481 e. The molecule has 0 radical (unpaired) electrons. The molecule has 1 aromatic carbocycles. The smallest absolute Gasteiger partial charge is 0.264 e. The van der Waals surface area contributed by atoms with E-state index in [-0.39, 0.29) is 5.75 Å². The Morgan fingerprint density at radius 3 is 2.87 bits per heavy atom. The van der Waals surface area contributed by atoms with Crippen LogP contribution < -0.4 is 10.1 Å². The molecule has 5 nitrogen and oxygen atoms in total. The van der Waals surface area contributed by atoms with Crippen molar-refractivity contribution in [1.82, 2.24) is 10.2 Å². The third-order valence-electron chi connectivity index (χ3n) is 2.96. The molecule has 8 heteroatoms. The molecule has 1 heterocycles. The Morgan fingerprint density at radius 2 is 2.13 bits per heavy atom. The molecule has 0 fully saturated rings. The SMILES string of the molecule is CCCCCc1nnc(NC(=O)COc2ccc(F)cc2F)s1. The highest BCUT2D eigenvalue weighted by Crippen LogP contribution is 2.19. The van der Waals surface area contributed by atoms with Gasteiger partial charge in [0.2, 0.25) is 5.13 Å². The first-order valence-corrected chi connectivity index (χ1v) is 8.10. The second-order valence-electron chi connectivity index (χ2n) is 4.87. The molecule has 1 aromatic heterocycles. The lowest BCUT2D eigenvalue weighted by atomic mass is 10.2. The standard InChI is InChI=1S/C15H17F2N3O2S/c1-2-3-4-5-14-19-20-15(23-14)18-13(21)9-22-12-7-6-10(16)8-11(12)17/h6-8H,2-5,9H2,1H3,(H,18,20,21). The van der Waals surface area contributed by atoms with Gasteiger partial charge in [0, 0.05) is 12.5 Å². The van der Waals surface area contributed by atoms with Crippen LogP contribution in [0.4, 0.5) is 13.9 Å². The number of anilines is 1. The summed E-state index contributed by atoms with van der Waals surface area (Å²) in [6.07, 6.45) is 4.11. The maximum Gasteiger partial charge on any atom is 0.264 e. The van der Waals surface area contributed by atoms with Crippen LogP contribution in [0.2, 0.25) is 0 Å². The van der Waals surface area contributed by atoms with Crippen molar-refractivity contribution in [2.24, 2.45) is 0 Å². The number of nitrogens with zero attached hydrogens (tertiary/aromatic N) is 2. The molecule has 0 unspecified atom stereocenters. The largest absolute Gasteiger partial charge is 0.481 e. The van der Waals surface area contributed by atoms with Crippen molar-refractivity contribution in [2.75, 3.05) is 11.9 Å². The zero-order chi connectivity index (χ0) is 16.7. The van der Waals surface area contributed by atoms with Gasteiger partial charge in [0.1, 0.15) is 10.8 Å². The van der Waals surface area contributed by atoms with Gasteiger partial charge in [-0.15, -0.1) is 10.2 Å². The van der Waals surface area contributed by atoms with Gasteiger partial charge < -0.3 is 4.74 Å². The van der Waals surface area contributed by atoms with Gasteiger partial charge in [-0.2, -0.15) is 0 Å². The number of amides is 1. The Labute approximate surface area is 136 Å². The predicted molar refractivity (Wildman–Crippen MR) is 83.6 cm³/mol. The number of halogens is 2. The summed E-state index contributed by atoms with van der Waals surface area (Å²) in [6.45, 7) is 1.73. The number of nitrogens with one attached hydrogen (secondary N) is 1. The Hall–Kier alpha value is -2.09. The van der Waals surface area contributed by atoms with E-state index < -0.39 is 24.1 Å². The van der Waals surface area contributed by atoms with E-state index >= 15 is 0 Å². The molecule has 0 atom stereocenters. The van der Waals surface area contributed by atoms with Gasteiger partial charge in [-0.25, -0.2) is 8.78 Å². The van der Waals surface area contributed by atoms with E-state index in [1.807, 2.05) is 0 Å². The lowest BCUT2D eigenvalue weighted by molar-refractivity contribution is -0.118. The van der Waals surface area contributed by atoms with Gasteiger partial charge in [-0.05, 0) is 18.6 Å². The quantitative estimate of drug-likeness (QED) is 0.746. The number of aromatic nitrogens is 2. The first kappa shape index (κ1) is 17.3. The molecule has 0 aliphatic carbocycles. The molecule has 0 aliphatic heterocycles. The number of unbranched alkanes of at least 4 members (excludes halogenated alkanes) is 2. The number of carbonyl (C=O) groups is 1. The summed E-state index contributed by atoms with van der Waals surface area (Å²) < 4.78 is 31.1. The van der Waals surface area contributed by atoms with Crippen molar-refractivity contribution in [3.63, 3.8) is 0 Å². The monoisotopic (exact) mass is 341 g/mol. The molecule has 2 rings (SSSR count). The number of hydrogen-bond acceptors (Lipinski definition) is 5. The molecule has 1 amide bonds. The highest BCUT2D eigenvalue weighted by molar-refractivity contribution is 7.15. The first-order chi connectivity index (χ1) is 11.1. The number of rotatable bonds is 8. The van der Waals surface area contributed by atoms with Crippen molar-refractivity contribution >= 4 is 22.4 Å². The van der Waals surface area contributed by atoms with Crippen LogP contribution in [0.15, 0.2) is 18.2 Å². The summed E-state index contributed by atoms with van der Waals surface area (Å²) in [7, 11) is 0. The fraction of sp³-hybridized carbons (Fsp3) is 0.400. The van der Waals surface area contributed by atoms with E-state index in [0.29, 0.717) is 11.2 Å². The molecule has 0 bridgehead atoms. The number of hydrogen-bond donors (Lipinski definition) is 1. The summed E-state index contributed by atoms with van der Waals surface area (Å²) >= 11 is 1.31. The van der Waals surface area contributed by atoms with Crippen molar-refractivity contribution in [1.29, 1.82) is 0 Å². The lowest BCUT2D eigenvalue weighted by Crippen LogP contribution is -2.20. The Kier molecular flexibility index (Phi) is 6.40. The van der Waals surface area contributed by atoms with E-state index in [1.54, 1.807) is 0 Å². The molecule has 0 aliphatic rings. The zero-order valence-corrected chi connectivity index (χ0v) is 13.5.